The van der Waals surface area contributed by atoms with Crippen LogP contribution in [-0.4, -0.2) is 0 Å². The maximum atomic E-state index is 4.47. The van der Waals surface area contributed by atoms with Crippen LogP contribution >= 0.6 is 60.4 Å². The molecule has 0 N–H and O–H groups in total. The Balaban J connectivity index is 2.29. The third-order valence-electron chi connectivity index (χ3n) is 4.92. The van der Waals surface area contributed by atoms with E-state index >= 15 is 0 Å². The van der Waals surface area contributed by atoms with Gasteiger partial charge >= 0.3 is 0 Å². The maximum absolute atomic E-state index is 4.47. The fraction of sp³-hybridized carbons (Fsp3) is 0.250. The van der Waals surface area contributed by atoms with Crippen molar-refractivity contribution in [1.82, 2.24) is 0 Å². The molecule has 3 aromatic rings. The van der Waals surface area contributed by atoms with Crippen LogP contribution in [0.1, 0.15) is 37.5 Å². The summed E-state index contributed by atoms with van der Waals surface area (Å²) in [6, 6.07) is 17.2. The van der Waals surface area contributed by atoms with E-state index < -0.39 is 0 Å². The fourth-order valence-electron chi connectivity index (χ4n) is 3.42. The van der Waals surface area contributed by atoms with Crippen LogP contribution < -0.4 is 4.90 Å². The molecule has 5 heteroatoms. The lowest BCUT2D eigenvalue weighted by Gasteiger charge is -2.31. The van der Waals surface area contributed by atoms with Crippen LogP contribution in [0.15, 0.2) is 66.8 Å². The topological polar surface area (TPSA) is 3.24 Å². The number of rotatable bonds is 3. The largest absolute Gasteiger partial charge is 0.310 e. The van der Waals surface area contributed by atoms with E-state index in [2.05, 4.69) is 136 Å². The highest BCUT2D eigenvalue weighted by Crippen LogP contribution is 2.44. The third kappa shape index (κ3) is 4.95. The van der Waals surface area contributed by atoms with Gasteiger partial charge in [0.25, 0.3) is 0 Å². The van der Waals surface area contributed by atoms with Crippen molar-refractivity contribution in [1.29, 1.82) is 0 Å². The zero-order valence-electron chi connectivity index (χ0n) is 17.1. The first-order valence-electron chi connectivity index (χ1n) is 9.34. The molecule has 3 aromatic carbocycles. The van der Waals surface area contributed by atoms with Gasteiger partial charge < -0.3 is 4.90 Å². The van der Waals surface area contributed by atoms with Crippen molar-refractivity contribution < 1.29 is 0 Å². The predicted octanol–water partition coefficient (Wildman–Crippen LogP) is 9.65. The Hall–Kier alpha value is -0.750. The zero-order valence-corrected chi connectivity index (χ0v) is 22.8. The quantitative estimate of drug-likeness (QED) is 0.232. The van der Waals surface area contributed by atoms with Gasteiger partial charge in [-0.2, -0.15) is 0 Å². The summed E-state index contributed by atoms with van der Waals surface area (Å²) in [5.74, 6) is 0. The normalized spacial score (nSPS) is 11.6. The van der Waals surface area contributed by atoms with Gasteiger partial charge in [-0.1, -0.05) is 32.9 Å². The van der Waals surface area contributed by atoms with Gasteiger partial charge in [-0.3, -0.25) is 0 Å². The lowest BCUT2D eigenvalue weighted by atomic mass is 9.84. The minimum Gasteiger partial charge on any atom is -0.310 e. The summed E-state index contributed by atoms with van der Waals surface area (Å²) in [6.45, 7) is 11.2. The molecule has 0 heterocycles. The number of thiol groups is 1. The number of anilines is 3. The van der Waals surface area contributed by atoms with Crippen LogP contribution in [0.4, 0.5) is 17.1 Å². The van der Waals surface area contributed by atoms with E-state index in [4.69, 9.17) is 0 Å². The molecule has 0 aromatic heterocycles. The smallest absolute Gasteiger partial charge is 0.0520 e. The second-order valence-corrected chi connectivity index (χ2v) is 11.3. The van der Waals surface area contributed by atoms with Crippen molar-refractivity contribution in [3.63, 3.8) is 0 Å². The van der Waals surface area contributed by atoms with Crippen molar-refractivity contribution in [3.8, 4) is 0 Å². The van der Waals surface area contributed by atoms with Gasteiger partial charge in [0, 0.05) is 29.7 Å². The van der Waals surface area contributed by atoms with Crippen molar-refractivity contribution in [2.24, 2.45) is 0 Å². The molecule has 0 saturated carbocycles. The number of benzene rings is 3. The minimum atomic E-state index is 0.107. The SMILES string of the molecule is Cc1cc(C(C)(C)C)cc(C)c1N(c1ccc(S)cc1)c1cc(Br)c(Br)c(Br)c1. The molecule has 0 amide bonds. The second-order valence-electron chi connectivity index (χ2n) is 8.28. The average Bonchev–Trinajstić information content (AvgIpc) is 2.62. The molecule has 0 aliphatic carbocycles. The first-order valence-corrected chi connectivity index (χ1v) is 12.2. The summed E-state index contributed by atoms with van der Waals surface area (Å²) >= 11 is 15.5. The van der Waals surface area contributed by atoms with Crippen LogP contribution in [-0.2, 0) is 5.41 Å². The number of nitrogens with zero attached hydrogens (tertiary/aromatic N) is 1. The Bertz CT molecular complexity index is 1010. The molecule has 0 aliphatic heterocycles. The van der Waals surface area contributed by atoms with Crippen LogP contribution in [0, 0.1) is 13.8 Å². The minimum absolute atomic E-state index is 0.107. The lowest BCUT2D eigenvalue weighted by molar-refractivity contribution is 0.589. The Morgan fingerprint density at radius 1 is 0.759 bits per heavy atom. The van der Waals surface area contributed by atoms with E-state index in [0.717, 1.165) is 29.7 Å². The fourth-order valence-corrected chi connectivity index (χ4v) is 4.96. The summed E-state index contributed by atoms with van der Waals surface area (Å²) in [5, 5.41) is 0. The molecule has 0 atom stereocenters. The van der Waals surface area contributed by atoms with Gasteiger partial charge in [0.15, 0.2) is 0 Å². The monoisotopic (exact) mass is 595 g/mol. The van der Waals surface area contributed by atoms with E-state index in [9.17, 15) is 0 Å². The summed E-state index contributed by atoms with van der Waals surface area (Å²) in [6.07, 6.45) is 0. The Morgan fingerprint density at radius 2 is 1.24 bits per heavy atom. The van der Waals surface area contributed by atoms with Crippen LogP contribution in [0.3, 0.4) is 0 Å². The molecule has 0 radical (unpaired) electrons. The highest BCUT2D eigenvalue weighted by Gasteiger charge is 2.22. The van der Waals surface area contributed by atoms with Crippen molar-refractivity contribution in [2.75, 3.05) is 4.90 Å². The highest BCUT2D eigenvalue weighted by molar-refractivity contribution is 9.14. The summed E-state index contributed by atoms with van der Waals surface area (Å²) < 4.78 is 3.00. The molecule has 1 nitrogen and oxygen atoms in total. The molecule has 0 unspecified atom stereocenters. The molecular weight excluding hydrogens is 574 g/mol. The van der Waals surface area contributed by atoms with E-state index in [1.807, 2.05) is 12.1 Å². The van der Waals surface area contributed by atoms with Crippen LogP contribution in [0.2, 0.25) is 0 Å². The van der Waals surface area contributed by atoms with E-state index in [-0.39, 0.29) is 5.41 Å². The van der Waals surface area contributed by atoms with Gasteiger partial charge in [-0.05, 0) is 120 Å². The van der Waals surface area contributed by atoms with Gasteiger partial charge in [0.1, 0.15) is 0 Å². The number of hydrogen-bond acceptors (Lipinski definition) is 2. The molecular formula is C24H24Br3NS. The highest BCUT2D eigenvalue weighted by atomic mass is 79.9. The molecule has 0 aliphatic rings. The van der Waals surface area contributed by atoms with Crippen molar-refractivity contribution >= 4 is 77.5 Å². The zero-order chi connectivity index (χ0) is 21.5. The van der Waals surface area contributed by atoms with Gasteiger partial charge in [0.05, 0.1) is 5.69 Å². The molecule has 0 spiro atoms. The molecule has 3 rings (SSSR count). The number of halogens is 3. The average molecular weight is 598 g/mol. The third-order valence-corrected chi connectivity index (χ3v) is 8.38. The van der Waals surface area contributed by atoms with Crippen molar-refractivity contribution in [2.45, 2.75) is 44.9 Å². The number of aryl methyl sites for hydroxylation is 2. The number of hydrogen-bond donors (Lipinski definition) is 1. The van der Waals surface area contributed by atoms with Crippen molar-refractivity contribution in [3.05, 3.63) is 78.6 Å². The van der Waals surface area contributed by atoms with Crippen LogP contribution in [0.5, 0.6) is 0 Å². The molecule has 0 fully saturated rings. The van der Waals surface area contributed by atoms with Crippen LogP contribution in [0.25, 0.3) is 0 Å². The first kappa shape index (κ1) is 22.9. The first-order chi connectivity index (χ1) is 13.5. The van der Waals surface area contributed by atoms with Gasteiger partial charge in [-0.25, -0.2) is 0 Å². The standard InChI is InChI=1S/C24H24Br3NS/c1-14-10-16(24(3,4)5)11-15(2)23(14)28(17-6-8-19(29)9-7-17)18-12-20(25)22(27)21(26)13-18/h6-13,29H,1-5H3. The predicted molar refractivity (Wildman–Crippen MR) is 140 cm³/mol. The van der Waals surface area contributed by atoms with E-state index in [0.29, 0.717) is 0 Å². The van der Waals surface area contributed by atoms with E-state index in [1.165, 1.54) is 22.4 Å². The Labute approximate surface area is 204 Å². The maximum Gasteiger partial charge on any atom is 0.0520 e. The molecule has 152 valence electrons. The van der Waals surface area contributed by atoms with Gasteiger partial charge in [-0.15, -0.1) is 12.6 Å². The summed E-state index contributed by atoms with van der Waals surface area (Å²) in [7, 11) is 0. The Morgan fingerprint density at radius 3 is 1.69 bits per heavy atom. The molecule has 29 heavy (non-hydrogen) atoms. The summed E-state index contributed by atoms with van der Waals surface area (Å²) in [5.41, 5.74) is 7.33. The Kier molecular flexibility index (Phi) is 6.94. The summed E-state index contributed by atoms with van der Waals surface area (Å²) in [4.78, 5) is 3.26. The molecule has 0 saturated heterocycles. The second kappa shape index (κ2) is 8.78. The van der Waals surface area contributed by atoms with E-state index in [1.54, 1.807) is 0 Å². The van der Waals surface area contributed by atoms with Gasteiger partial charge in [0.2, 0.25) is 0 Å². The molecule has 0 bridgehead atoms. The lowest BCUT2D eigenvalue weighted by Crippen LogP contribution is -2.16.